The van der Waals surface area contributed by atoms with Crippen molar-refractivity contribution < 1.29 is 4.42 Å². The lowest BCUT2D eigenvalue weighted by atomic mass is 10.0. The molecular formula is C21H21N3OS2. The molecule has 1 aliphatic heterocycles. The zero-order chi connectivity index (χ0) is 18.8. The first-order chi connectivity index (χ1) is 13.2. The molecule has 27 heavy (non-hydrogen) atoms. The summed E-state index contributed by atoms with van der Waals surface area (Å²) < 4.78 is 6.23. The van der Waals surface area contributed by atoms with Gasteiger partial charge in [-0.1, -0.05) is 35.5 Å². The van der Waals surface area contributed by atoms with Gasteiger partial charge in [0.15, 0.2) is 10.2 Å². The minimum absolute atomic E-state index is 0.00947. The fourth-order valence-electron chi connectivity index (χ4n) is 3.33. The van der Waals surface area contributed by atoms with Crippen LogP contribution in [-0.2, 0) is 0 Å². The molecule has 3 aromatic rings. The molecule has 0 amide bonds. The van der Waals surface area contributed by atoms with Gasteiger partial charge in [-0.3, -0.25) is 4.98 Å². The van der Waals surface area contributed by atoms with Gasteiger partial charge < -0.3 is 14.6 Å². The summed E-state index contributed by atoms with van der Waals surface area (Å²) in [4.78, 5) is 7.85. The Morgan fingerprint density at radius 3 is 2.67 bits per heavy atom. The fraction of sp³-hybridized carbons (Fsp3) is 0.238. The van der Waals surface area contributed by atoms with Crippen LogP contribution in [0.4, 0.5) is 0 Å². The number of benzene rings is 1. The monoisotopic (exact) mass is 395 g/mol. The third-order valence-electron chi connectivity index (χ3n) is 4.67. The summed E-state index contributed by atoms with van der Waals surface area (Å²) in [5.41, 5.74) is 2.21. The number of hydrogen-bond donors (Lipinski definition) is 1. The lowest BCUT2D eigenvalue weighted by molar-refractivity contribution is 0.267. The smallest absolute Gasteiger partial charge is 0.170 e. The summed E-state index contributed by atoms with van der Waals surface area (Å²) in [5, 5.41) is 5.03. The van der Waals surface area contributed by atoms with Crippen molar-refractivity contribution in [1.29, 1.82) is 0 Å². The van der Waals surface area contributed by atoms with E-state index >= 15 is 0 Å². The normalized spacial score (nSPS) is 19.3. The number of rotatable bonds is 5. The molecule has 1 N–H and O–H groups in total. The quantitative estimate of drug-likeness (QED) is 0.604. The average Bonchev–Trinajstić information content (AvgIpc) is 3.28. The first-order valence-electron chi connectivity index (χ1n) is 8.98. The highest BCUT2D eigenvalue weighted by Crippen LogP contribution is 2.40. The zero-order valence-corrected chi connectivity index (χ0v) is 16.9. The molecule has 1 aromatic carbocycles. The van der Waals surface area contributed by atoms with Gasteiger partial charge in [0.2, 0.25) is 0 Å². The summed E-state index contributed by atoms with van der Waals surface area (Å²) in [6.45, 7) is 5.00. The Morgan fingerprint density at radius 1 is 1.15 bits per heavy atom. The molecular weight excluding hydrogens is 374 g/mol. The Hall–Kier alpha value is -2.31. The van der Waals surface area contributed by atoms with Gasteiger partial charge in [-0.25, -0.2) is 0 Å². The van der Waals surface area contributed by atoms with Crippen molar-refractivity contribution in [2.45, 2.75) is 35.9 Å². The molecule has 0 bridgehead atoms. The van der Waals surface area contributed by atoms with E-state index in [1.807, 2.05) is 30.5 Å². The largest absolute Gasteiger partial charge is 0.452 e. The number of aromatic nitrogens is 1. The van der Waals surface area contributed by atoms with Gasteiger partial charge in [0, 0.05) is 17.6 Å². The van der Waals surface area contributed by atoms with E-state index in [1.54, 1.807) is 11.8 Å². The van der Waals surface area contributed by atoms with E-state index < -0.39 is 0 Å². The van der Waals surface area contributed by atoms with Crippen LogP contribution in [-0.4, -0.2) is 21.5 Å². The topological polar surface area (TPSA) is 41.3 Å². The molecule has 1 aliphatic rings. The van der Waals surface area contributed by atoms with Crippen molar-refractivity contribution in [3.05, 3.63) is 77.8 Å². The van der Waals surface area contributed by atoms with E-state index in [9.17, 15) is 0 Å². The van der Waals surface area contributed by atoms with Gasteiger partial charge in [-0.05, 0) is 62.5 Å². The summed E-state index contributed by atoms with van der Waals surface area (Å²) in [7, 11) is 0. The van der Waals surface area contributed by atoms with Crippen molar-refractivity contribution >= 4 is 29.1 Å². The first kappa shape index (κ1) is 18.1. The summed E-state index contributed by atoms with van der Waals surface area (Å²) >= 11 is 7.19. The van der Waals surface area contributed by atoms with Crippen LogP contribution in [0.2, 0.25) is 0 Å². The van der Waals surface area contributed by atoms with E-state index in [0.29, 0.717) is 0 Å². The van der Waals surface area contributed by atoms with Crippen molar-refractivity contribution in [3.63, 3.8) is 0 Å². The van der Waals surface area contributed by atoms with Crippen LogP contribution in [0.3, 0.4) is 0 Å². The van der Waals surface area contributed by atoms with Crippen LogP contribution >= 0.6 is 24.0 Å². The maximum Gasteiger partial charge on any atom is 0.170 e. The molecule has 0 saturated carbocycles. The van der Waals surface area contributed by atoms with Gasteiger partial charge in [-0.15, -0.1) is 0 Å². The molecule has 0 unspecified atom stereocenters. The van der Waals surface area contributed by atoms with Crippen molar-refractivity contribution in [1.82, 2.24) is 15.2 Å². The van der Waals surface area contributed by atoms with Crippen LogP contribution in [0.25, 0.3) is 0 Å². The van der Waals surface area contributed by atoms with Crippen molar-refractivity contribution in [2.75, 3.05) is 6.54 Å². The Bertz CT molecular complexity index is 924. The van der Waals surface area contributed by atoms with E-state index in [2.05, 4.69) is 59.4 Å². The van der Waals surface area contributed by atoms with E-state index in [0.717, 1.165) is 33.1 Å². The highest BCUT2D eigenvalue weighted by molar-refractivity contribution is 7.99. The number of pyridine rings is 1. The lowest BCUT2D eigenvalue weighted by Gasteiger charge is -2.24. The Morgan fingerprint density at radius 2 is 1.96 bits per heavy atom. The zero-order valence-electron chi connectivity index (χ0n) is 15.3. The number of thiocarbonyl (C=S) groups is 1. The van der Waals surface area contributed by atoms with Gasteiger partial charge in [0.25, 0.3) is 0 Å². The van der Waals surface area contributed by atoms with Crippen LogP contribution in [0.5, 0.6) is 0 Å². The molecule has 6 heteroatoms. The molecule has 4 rings (SSSR count). The Balaban J connectivity index is 1.62. The molecule has 2 aromatic heterocycles. The number of nitrogens with one attached hydrogen (secondary N) is 1. The second-order valence-corrected chi connectivity index (χ2v) is 7.95. The first-order valence-corrected chi connectivity index (χ1v) is 10.2. The summed E-state index contributed by atoms with van der Waals surface area (Å²) in [6.07, 6.45) is 1.81. The molecule has 0 spiro atoms. The van der Waals surface area contributed by atoms with Gasteiger partial charge in [0.05, 0.1) is 11.7 Å². The lowest BCUT2D eigenvalue weighted by Crippen LogP contribution is -2.29. The highest BCUT2D eigenvalue weighted by atomic mass is 32.2. The molecule has 3 heterocycles. The maximum absolute atomic E-state index is 6.23. The second-order valence-electron chi connectivity index (χ2n) is 6.48. The third kappa shape index (κ3) is 3.73. The van der Waals surface area contributed by atoms with Crippen LogP contribution < -0.4 is 5.32 Å². The van der Waals surface area contributed by atoms with Crippen LogP contribution in [0.1, 0.15) is 36.0 Å². The number of nitrogens with zero attached hydrogens (tertiary/aromatic N) is 2. The minimum atomic E-state index is -0.0259. The number of hydrogen-bond acceptors (Lipinski definition) is 4. The van der Waals surface area contributed by atoms with Gasteiger partial charge >= 0.3 is 0 Å². The third-order valence-corrected chi connectivity index (χ3v) is 5.95. The Labute approximate surface area is 169 Å². The van der Waals surface area contributed by atoms with Crippen molar-refractivity contribution in [2.24, 2.45) is 0 Å². The van der Waals surface area contributed by atoms with Gasteiger partial charge in [0.1, 0.15) is 11.8 Å². The van der Waals surface area contributed by atoms with E-state index in [4.69, 9.17) is 16.6 Å². The molecule has 0 radical (unpaired) electrons. The minimum Gasteiger partial charge on any atom is -0.452 e. The molecule has 138 valence electrons. The molecule has 4 nitrogen and oxygen atoms in total. The fourth-order valence-corrected chi connectivity index (χ4v) is 4.47. The maximum atomic E-state index is 6.23. The van der Waals surface area contributed by atoms with Crippen molar-refractivity contribution in [3.8, 4) is 0 Å². The predicted molar refractivity (Wildman–Crippen MR) is 112 cm³/mol. The molecule has 0 aliphatic carbocycles. The SMILES string of the molecule is CCN1C(=S)N[C@H](c2ccccn2)[C@H]1c1ccc(Sc2ccc(C)cc2)o1. The Kier molecular flexibility index (Phi) is 5.18. The summed E-state index contributed by atoms with van der Waals surface area (Å²) in [6, 6.07) is 18.4. The average molecular weight is 396 g/mol. The number of furan rings is 1. The molecule has 1 saturated heterocycles. The molecule has 2 atom stereocenters. The standard InChI is InChI=1S/C21H21N3OS2/c1-3-24-20(19(23-21(24)26)16-6-4-5-13-22-16)17-11-12-18(25-17)27-15-9-7-14(2)8-10-15/h4-13,19-20H,3H2,1-2H3,(H,23,26)/t19-,20-/m1/s1. The van der Waals surface area contributed by atoms with Crippen LogP contribution in [0.15, 0.2) is 75.2 Å². The predicted octanol–water partition coefficient (Wildman–Crippen LogP) is 5.13. The number of likely N-dealkylation sites (N-methyl/N-ethyl adjacent to an activating group) is 1. The van der Waals surface area contributed by atoms with E-state index in [1.165, 1.54) is 5.56 Å². The summed E-state index contributed by atoms with van der Waals surface area (Å²) in [5.74, 6) is 0.898. The molecule has 1 fully saturated rings. The second kappa shape index (κ2) is 7.74. The van der Waals surface area contributed by atoms with E-state index in [-0.39, 0.29) is 12.1 Å². The highest BCUT2D eigenvalue weighted by Gasteiger charge is 2.40. The number of aryl methyl sites for hydroxylation is 1. The van der Waals surface area contributed by atoms with Gasteiger partial charge in [-0.2, -0.15) is 0 Å². The van der Waals surface area contributed by atoms with Crippen LogP contribution in [0, 0.1) is 6.92 Å².